The van der Waals surface area contributed by atoms with Gasteiger partial charge < -0.3 is 0 Å². The summed E-state index contributed by atoms with van der Waals surface area (Å²) < 4.78 is 0. The average molecular weight is 363 g/mol. The molecular weight excluding hydrogens is 328 g/mol. The monoisotopic (exact) mass is 362 g/mol. The molecule has 144 valence electrons. The van der Waals surface area contributed by atoms with E-state index < -0.39 is 0 Å². The molecule has 0 aromatic heterocycles. The first kappa shape index (κ1) is 17.7. The molecule has 0 radical (unpaired) electrons. The summed E-state index contributed by atoms with van der Waals surface area (Å²) in [4.78, 5) is 13.4. The van der Waals surface area contributed by atoms with Crippen molar-refractivity contribution in [3.8, 4) is 0 Å². The van der Waals surface area contributed by atoms with Gasteiger partial charge in [-0.1, -0.05) is 57.0 Å². The van der Waals surface area contributed by atoms with Crippen LogP contribution >= 0.6 is 0 Å². The lowest BCUT2D eigenvalue weighted by molar-refractivity contribution is -0.137. The molecule has 4 aliphatic carbocycles. The summed E-state index contributed by atoms with van der Waals surface area (Å²) in [6.45, 7) is 4.92. The van der Waals surface area contributed by atoms with E-state index in [0.29, 0.717) is 17.1 Å². The largest absolute Gasteiger partial charge is 0.294 e. The van der Waals surface area contributed by atoms with Crippen molar-refractivity contribution in [3.05, 3.63) is 41.5 Å². The summed E-state index contributed by atoms with van der Waals surface area (Å²) >= 11 is 0. The van der Waals surface area contributed by atoms with Gasteiger partial charge in [0.05, 0.1) is 0 Å². The molecule has 0 amide bonds. The first-order valence-corrected chi connectivity index (χ1v) is 11.3. The van der Waals surface area contributed by atoms with E-state index in [9.17, 15) is 4.79 Å². The molecule has 4 saturated carbocycles. The first-order valence-electron chi connectivity index (χ1n) is 11.3. The third kappa shape index (κ3) is 2.60. The number of carbonyl (C=O) groups is 1. The van der Waals surface area contributed by atoms with Crippen LogP contribution in [0.25, 0.3) is 6.08 Å². The fourth-order valence-electron chi connectivity index (χ4n) is 7.85. The minimum absolute atomic E-state index is 0.0976. The number of allylic oxidation sites excluding steroid dienone is 1. The second-order valence-electron chi connectivity index (χ2n) is 10.5. The Labute approximate surface area is 164 Å². The first-order chi connectivity index (χ1) is 13.0. The number of ketones is 1. The van der Waals surface area contributed by atoms with Crippen LogP contribution in [0.1, 0.15) is 77.2 Å². The highest BCUT2D eigenvalue weighted by Crippen LogP contribution is 2.66. The number of fused-ring (bicyclic) bond motifs is 5. The highest BCUT2D eigenvalue weighted by Gasteiger charge is 2.60. The quantitative estimate of drug-likeness (QED) is 0.509. The lowest BCUT2D eigenvalue weighted by atomic mass is 9.45. The third-order valence-corrected chi connectivity index (χ3v) is 9.36. The van der Waals surface area contributed by atoms with Gasteiger partial charge in [0, 0.05) is 5.41 Å². The highest BCUT2D eigenvalue weighted by molar-refractivity contribution is 6.05. The van der Waals surface area contributed by atoms with Crippen molar-refractivity contribution in [1.29, 1.82) is 0 Å². The molecule has 0 N–H and O–H groups in total. The van der Waals surface area contributed by atoms with Crippen LogP contribution in [0.4, 0.5) is 0 Å². The molecule has 1 nitrogen and oxygen atoms in total. The Hall–Kier alpha value is -1.37. The van der Waals surface area contributed by atoms with Gasteiger partial charge in [-0.2, -0.15) is 0 Å². The summed E-state index contributed by atoms with van der Waals surface area (Å²) in [5, 5.41) is 0. The maximum atomic E-state index is 13.4. The van der Waals surface area contributed by atoms with Crippen molar-refractivity contribution in [2.45, 2.75) is 71.6 Å². The van der Waals surface area contributed by atoms with Gasteiger partial charge in [0.25, 0.3) is 0 Å². The van der Waals surface area contributed by atoms with Gasteiger partial charge in [-0.3, -0.25) is 4.79 Å². The molecule has 4 fully saturated rings. The van der Waals surface area contributed by atoms with E-state index in [2.05, 4.69) is 44.2 Å². The number of rotatable bonds is 1. The third-order valence-electron chi connectivity index (χ3n) is 9.36. The van der Waals surface area contributed by atoms with Crippen molar-refractivity contribution >= 4 is 11.9 Å². The van der Waals surface area contributed by atoms with E-state index in [1.54, 1.807) is 0 Å². The SMILES string of the molecule is C[C@]12CCCC[C@H]1CC[C@H]1[C@H]2CC[C@@]2(C)C(=O)/C(=C/c3ccccc3)C[C@H]12. The van der Waals surface area contributed by atoms with Crippen molar-refractivity contribution < 1.29 is 4.79 Å². The van der Waals surface area contributed by atoms with Crippen LogP contribution in [-0.4, -0.2) is 5.78 Å². The molecule has 0 bridgehead atoms. The molecule has 0 spiro atoms. The lowest BCUT2D eigenvalue weighted by Crippen LogP contribution is -2.52. The molecule has 0 unspecified atom stereocenters. The molecular formula is C26H34O. The summed E-state index contributed by atoms with van der Waals surface area (Å²) in [6.07, 6.45) is 14.2. The Morgan fingerprint density at radius 2 is 1.74 bits per heavy atom. The molecule has 1 heteroatoms. The van der Waals surface area contributed by atoms with Gasteiger partial charge in [-0.25, -0.2) is 0 Å². The summed E-state index contributed by atoms with van der Waals surface area (Å²) in [5.41, 5.74) is 2.74. The maximum Gasteiger partial charge on any atom is 0.165 e. The molecule has 1 aromatic carbocycles. The van der Waals surface area contributed by atoms with Gasteiger partial charge >= 0.3 is 0 Å². The van der Waals surface area contributed by atoms with E-state index in [0.717, 1.165) is 36.2 Å². The van der Waals surface area contributed by atoms with E-state index >= 15 is 0 Å². The number of hydrogen-bond donors (Lipinski definition) is 0. The summed E-state index contributed by atoms with van der Waals surface area (Å²) in [7, 11) is 0. The van der Waals surface area contributed by atoms with Crippen LogP contribution in [0.3, 0.4) is 0 Å². The van der Waals surface area contributed by atoms with Crippen molar-refractivity contribution in [3.63, 3.8) is 0 Å². The minimum Gasteiger partial charge on any atom is -0.294 e. The van der Waals surface area contributed by atoms with E-state index in [4.69, 9.17) is 0 Å². The zero-order valence-corrected chi connectivity index (χ0v) is 17.0. The molecule has 0 aliphatic heterocycles. The van der Waals surface area contributed by atoms with Gasteiger partial charge in [-0.15, -0.1) is 0 Å². The zero-order valence-electron chi connectivity index (χ0n) is 17.0. The Balaban J connectivity index is 1.47. The van der Waals surface area contributed by atoms with Crippen LogP contribution in [0.5, 0.6) is 0 Å². The van der Waals surface area contributed by atoms with Crippen molar-refractivity contribution in [2.75, 3.05) is 0 Å². The van der Waals surface area contributed by atoms with Crippen molar-refractivity contribution in [1.82, 2.24) is 0 Å². The predicted octanol–water partition coefficient (Wildman–Crippen LogP) is 6.68. The number of benzene rings is 1. The molecule has 27 heavy (non-hydrogen) atoms. The fraction of sp³-hybridized carbons (Fsp3) is 0.654. The molecule has 0 saturated heterocycles. The lowest BCUT2D eigenvalue weighted by Gasteiger charge is -2.59. The second-order valence-corrected chi connectivity index (χ2v) is 10.5. The van der Waals surface area contributed by atoms with Gasteiger partial charge in [0.1, 0.15) is 0 Å². The fourth-order valence-corrected chi connectivity index (χ4v) is 7.85. The van der Waals surface area contributed by atoms with Crippen LogP contribution in [0.2, 0.25) is 0 Å². The molecule has 4 aliphatic rings. The Kier molecular flexibility index (Phi) is 4.15. The van der Waals surface area contributed by atoms with Crippen LogP contribution < -0.4 is 0 Å². The Morgan fingerprint density at radius 1 is 0.926 bits per heavy atom. The van der Waals surface area contributed by atoms with Gasteiger partial charge in [0.2, 0.25) is 0 Å². The number of carbonyl (C=O) groups excluding carboxylic acids is 1. The standard InChI is InChI=1S/C26H34O/c1-25-14-7-6-10-20(25)11-12-21-22(25)13-15-26(2)23(21)17-19(24(26)27)16-18-8-4-3-5-9-18/h3-5,8-9,16,20-23H,6-7,10-15,17H2,1-2H3/b19-16+/t20-,21-,22+,23+,25-,26+/m0/s1. The maximum absolute atomic E-state index is 13.4. The number of Topliss-reactive ketones (excluding diaryl/α,β-unsaturated/α-hetero) is 1. The second kappa shape index (κ2) is 6.33. The molecule has 6 atom stereocenters. The molecule has 1 aromatic rings. The van der Waals surface area contributed by atoms with E-state index in [-0.39, 0.29) is 5.41 Å². The van der Waals surface area contributed by atoms with E-state index in [1.807, 2.05) is 6.07 Å². The topological polar surface area (TPSA) is 17.1 Å². The zero-order chi connectivity index (χ0) is 18.6. The van der Waals surface area contributed by atoms with E-state index in [1.165, 1.54) is 50.5 Å². The van der Waals surface area contributed by atoms with Crippen LogP contribution in [0, 0.1) is 34.5 Å². The minimum atomic E-state index is -0.0976. The smallest absolute Gasteiger partial charge is 0.165 e. The van der Waals surface area contributed by atoms with Gasteiger partial charge in [-0.05, 0) is 91.2 Å². The van der Waals surface area contributed by atoms with Crippen LogP contribution in [0.15, 0.2) is 35.9 Å². The average Bonchev–Trinajstić information content (AvgIpc) is 2.93. The predicted molar refractivity (Wildman–Crippen MR) is 111 cm³/mol. The Morgan fingerprint density at radius 3 is 2.56 bits per heavy atom. The van der Waals surface area contributed by atoms with Crippen LogP contribution in [-0.2, 0) is 4.79 Å². The van der Waals surface area contributed by atoms with Crippen molar-refractivity contribution in [2.24, 2.45) is 34.5 Å². The molecule has 0 heterocycles. The normalized spacial score (nSPS) is 45.3. The molecule has 5 rings (SSSR count). The summed E-state index contributed by atoms with van der Waals surface area (Å²) in [5.74, 6) is 3.63. The Bertz CT molecular complexity index is 762. The highest BCUT2D eigenvalue weighted by atomic mass is 16.1. The summed E-state index contributed by atoms with van der Waals surface area (Å²) in [6, 6.07) is 10.4. The van der Waals surface area contributed by atoms with Gasteiger partial charge in [0.15, 0.2) is 5.78 Å². The number of hydrogen-bond acceptors (Lipinski definition) is 1.